The average molecular weight is 279 g/mol. The molecule has 1 saturated carbocycles. The van der Waals surface area contributed by atoms with E-state index in [0.717, 1.165) is 18.9 Å². The number of oxazole rings is 1. The second-order valence-corrected chi connectivity index (χ2v) is 4.89. The zero-order chi connectivity index (χ0) is 14.4. The van der Waals surface area contributed by atoms with Gasteiger partial charge in [-0.15, -0.1) is 0 Å². The predicted molar refractivity (Wildman–Crippen MR) is 65.5 cm³/mol. The minimum absolute atomic E-state index is 0.0294. The molecule has 0 atom stereocenters. The number of rotatable bonds is 3. The first-order chi connectivity index (χ1) is 9.47. The number of carbonyl (C=O) groups is 1. The number of hydrogen-bond acceptors (Lipinski definition) is 3. The molecular formula is C14H11F2NO3. The summed E-state index contributed by atoms with van der Waals surface area (Å²) in [5, 5.41) is 9.08. The highest BCUT2D eigenvalue weighted by molar-refractivity contribution is 5.86. The first kappa shape index (κ1) is 12.8. The van der Waals surface area contributed by atoms with Gasteiger partial charge in [-0.1, -0.05) is 0 Å². The minimum atomic E-state index is -1.23. The van der Waals surface area contributed by atoms with Crippen LogP contribution in [-0.2, 0) is 0 Å². The molecule has 1 N–H and O–H groups in total. The fraction of sp³-hybridized carbons (Fsp3) is 0.286. The molecule has 6 heteroatoms. The lowest BCUT2D eigenvalue weighted by Crippen LogP contribution is -1.98. The van der Waals surface area contributed by atoms with Crippen molar-refractivity contribution in [2.45, 2.75) is 25.7 Å². The Hall–Kier alpha value is -2.24. The predicted octanol–water partition coefficient (Wildman–Crippen LogP) is 3.50. The Labute approximate surface area is 113 Å². The summed E-state index contributed by atoms with van der Waals surface area (Å²) in [7, 11) is 0. The minimum Gasteiger partial charge on any atom is -0.475 e. The van der Waals surface area contributed by atoms with Gasteiger partial charge in [-0.3, -0.25) is 0 Å². The molecule has 3 rings (SSSR count). The van der Waals surface area contributed by atoms with Crippen LogP contribution >= 0.6 is 0 Å². The molecule has 0 amide bonds. The van der Waals surface area contributed by atoms with E-state index in [1.54, 1.807) is 0 Å². The number of aryl methyl sites for hydroxylation is 1. The zero-order valence-electron chi connectivity index (χ0n) is 10.6. The molecule has 1 aliphatic rings. The first-order valence-corrected chi connectivity index (χ1v) is 6.17. The van der Waals surface area contributed by atoms with Crippen molar-refractivity contribution in [2.24, 2.45) is 0 Å². The van der Waals surface area contributed by atoms with Crippen LogP contribution in [0.3, 0.4) is 0 Å². The average Bonchev–Trinajstić information content (AvgIpc) is 3.13. The molecular weight excluding hydrogens is 268 g/mol. The molecule has 1 aromatic heterocycles. The number of hydrogen-bond donors (Lipinski definition) is 1. The van der Waals surface area contributed by atoms with Crippen LogP contribution in [-0.4, -0.2) is 16.1 Å². The number of aromatic carboxylic acids is 1. The number of carboxylic acid groups (broad SMARTS) is 1. The van der Waals surface area contributed by atoms with E-state index in [9.17, 15) is 13.6 Å². The van der Waals surface area contributed by atoms with Crippen LogP contribution in [0.4, 0.5) is 8.78 Å². The Morgan fingerprint density at radius 1 is 1.35 bits per heavy atom. The molecule has 0 aliphatic heterocycles. The molecule has 104 valence electrons. The summed E-state index contributed by atoms with van der Waals surface area (Å²) < 4.78 is 32.2. The molecule has 2 aromatic rings. The number of aromatic nitrogens is 1. The van der Waals surface area contributed by atoms with Crippen LogP contribution in [0.15, 0.2) is 16.5 Å². The van der Waals surface area contributed by atoms with Crippen molar-refractivity contribution < 1.29 is 23.1 Å². The second kappa shape index (κ2) is 4.40. The number of carboxylic acids is 1. The number of benzene rings is 1. The molecule has 0 radical (unpaired) electrons. The van der Waals surface area contributed by atoms with Crippen molar-refractivity contribution in [3.63, 3.8) is 0 Å². The molecule has 20 heavy (non-hydrogen) atoms. The summed E-state index contributed by atoms with van der Waals surface area (Å²) in [6, 6.07) is 2.00. The van der Waals surface area contributed by atoms with Gasteiger partial charge in [0, 0.05) is 12.0 Å². The lowest BCUT2D eigenvalue weighted by molar-refractivity contribution is 0.0661. The monoisotopic (exact) mass is 279 g/mol. The summed E-state index contributed by atoms with van der Waals surface area (Å²) >= 11 is 0. The summed E-state index contributed by atoms with van der Waals surface area (Å²) in [6.45, 7) is 1.49. The van der Waals surface area contributed by atoms with Gasteiger partial charge >= 0.3 is 5.97 Å². The van der Waals surface area contributed by atoms with Crippen molar-refractivity contribution in [1.82, 2.24) is 4.98 Å². The van der Waals surface area contributed by atoms with Crippen LogP contribution in [0, 0.1) is 18.6 Å². The Morgan fingerprint density at radius 2 is 2.05 bits per heavy atom. The summed E-state index contributed by atoms with van der Waals surface area (Å²) in [4.78, 5) is 15.2. The molecule has 1 aromatic carbocycles. The van der Waals surface area contributed by atoms with Crippen molar-refractivity contribution in [3.8, 4) is 11.5 Å². The van der Waals surface area contributed by atoms with Gasteiger partial charge in [0.15, 0.2) is 0 Å². The van der Waals surface area contributed by atoms with Gasteiger partial charge in [0.1, 0.15) is 11.6 Å². The standard InChI is InChI=1S/C14H11F2NO3/c1-6-4-8(10(16)5-9(6)15)13-17-11(7-2-3-7)12(20-13)14(18)19/h4-5,7H,2-3H2,1H3,(H,18,19). The quantitative estimate of drug-likeness (QED) is 0.933. The lowest BCUT2D eigenvalue weighted by Gasteiger charge is -2.01. The van der Waals surface area contributed by atoms with Crippen molar-refractivity contribution >= 4 is 5.97 Å². The highest BCUT2D eigenvalue weighted by atomic mass is 19.1. The van der Waals surface area contributed by atoms with E-state index >= 15 is 0 Å². The normalized spacial score (nSPS) is 14.6. The van der Waals surface area contributed by atoms with Crippen molar-refractivity contribution in [3.05, 3.63) is 40.8 Å². The van der Waals surface area contributed by atoms with Gasteiger partial charge in [-0.05, 0) is 31.4 Å². The largest absolute Gasteiger partial charge is 0.475 e. The highest BCUT2D eigenvalue weighted by Crippen LogP contribution is 2.42. The van der Waals surface area contributed by atoms with E-state index in [-0.39, 0.29) is 28.7 Å². The van der Waals surface area contributed by atoms with Crippen LogP contribution < -0.4 is 0 Å². The zero-order valence-corrected chi connectivity index (χ0v) is 10.6. The summed E-state index contributed by atoms with van der Waals surface area (Å²) in [6.07, 6.45) is 1.69. The molecule has 4 nitrogen and oxygen atoms in total. The smallest absolute Gasteiger partial charge is 0.373 e. The number of nitrogens with zero attached hydrogens (tertiary/aromatic N) is 1. The Balaban J connectivity index is 2.13. The highest BCUT2D eigenvalue weighted by Gasteiger charge is 2.34. The van der Waals surface area contributed by atoms with Crippen LogP contribution in [0.2, 0.25) is 0 Å². The molecule has 1 aliphatic carbocycles. The van der Waals surface area contributed by atoms with Gasteiger partial charge in [0.05, 0.1) is 11.3 Å². The fourth-order valence-electron chi connectivity index (χ4n) is 2.05. The van der Waals surface area contributed by atoms with Gasteiger partial charge in [0.25, 0.3) is 0 Å². The van der Waals surface area contributed by atoms with Gasteiger partial charge in [-0.25, -0.2) is 18.6 Å². The second-order valence-electron chi connectivity index (χ2n) is 4.89. The molecule has 1 fully saturated rings. The van der Waals surface area contributed by atoms with Crippen LogP contribution in [0.25, 0.3) is 11.5 Å². The van der Waals surface area contributed by atoms with Crippen LogP contribution in [0.1, 0.15) is 40.6 Å². The maximum atomic E-state index is 13.8. The fourth-order valence-corrected chi connectivity index (χ4v) is 2.05. The molecule has 0 spiro atoms. The van der Waals surface area contributed by atoms with Crippen LogP contribution in [0.5, 0.6) is 0 Å². The van der Waals surface area contributed by atoms with Gasteiger partial charge in [-0.2, -0.15) is 0 Å². The summed E-state index contributed by atoms with van der Waals surface area (Å²) in [5.74, 6) is -3.05. The topological polar surface area (TPSA) is 63.3 Å². The molecule has 0 bridgehead atoms. The van der Waals surface area contributed by atoms with Crippen molar-refractivity contribution in [2.75, 3.05) is 0 Å². The van der Waals surface area contributed by atoms with E-state index in [1.165, 1.54) is 13.0 Å². The lowest BCUT2D eigenvalue weighted by atomic mass is 10.1. The Kier molecular flexibility index (Phi) is 2.81. The Bertz CT molecular complexity index is 705. The third-order valence-corrected chi connectivity index (χ3v) is 3.29. The summed E-state index contributed by atoms with van der Waals surface area (Å²) in [5.41, 5.74) is 0.552. The molecule has 0 unspecified atom stereocenters. The van der Waals surface area contributed by atoms with E-state index in [1.807, 2.05) is 0 Å². The molecule has 0 saturated heterocycles. The third kappa shape index (κ3) is 2.07. The van der Waals surface area contributed by atoms with E-state index < -0.39 is 17.6 Å². The van der Waals surface area contributed by atoms with Gasteiger partial charge < -0.3 is 9.52 Å². The Morgan fingerprint density at radius 3 is 2.65 bits per heavy atom. The maximum Gasteiger partial charge on any atom is 0.373 e. The van der Waals surface area contributed by atoms with E-state index in [2.05, 4.69) is 4.98 Å². The SMILES string of the molecule is Cc1cc(-c2nc(C3CC3)c(C(=O)O)o2)c(F)cc1F. The van der Waals surface area contributed by atoms with E-state index in [4.69, 9.17) is 9.52 Å². The number of halogens is 2. The van der Waals surface area contributed by atoms with E-state index in [0.29, 0.717) is 5.69 Å². The first-order valence-electron chi connectivity index (χ1n) is 6.17. The maximum absolute atomic E-state index is 13.8. The molecule has 1 heterocycles. The van der Waals surface area contributed by atoms with Crippen molar-refractivity contribution in [1.29, 1.82) is 0 Å². The third-order valence-electron chi connectivity index (χ3n) is 3.29. The van der Waals surface area contributed by atoms with Gasteiger partial charge in [0.2, 0.25) is 11.7 Å².